The number of nitrogens with one attached hydrogen (secondary N) is 1. The normalized spacial score (nSPS) is 12.3. The topological polar surface area (TPSA) is 80.5 Å². The van der Waals surface area contributed by atoms with Crippen molar-refractivity contribution >= 4 is 11.6 Å². The van der Waals surface area contributed by atoms with Gasteiger partial charge in [-0.15, -0.1) is 0 Å². The highest BCUT2D eigenvalue weighted by atomic mass is 35.5. The van der Waals surface area contributed by atoms with Crippen LogP contribution in [0, 0.1) is 0 Å². The van der Waals surface area contributed by atoms with Crippen LogP contribution in [0.25, 0.3) is 11.4 Å². The second-order valence-corrected chi connectivity index (χ2v) is 4.75. The van der Waals surface area contributed by atoms with Gasteiger partial charge in [-0.25, -0.2) is 4.98 Å². The van der Waals surface area contributed by atoms with Crippen molar-refractivity contribution in [3.63, 3.8) is 0 Å². The summed E-state index contributed by atoms with van der Waals surface area (Å²) >= 11 is 5.86. The molecule has 20 heavy (non-hydrogen) atoms. The maximum atomic E-state index is 6.17. The van der Waals surface area contributed by atoms with Crippen LogP contribution in [0.5, 0.6) is 0 Å². The zero-order chi connectivity index (χ0) is 13.9. The van der Waals surface area contributed by atoms with Gasteiger partial charge in [0.05, 0.1) is 6.04 Å². The lowest BCUT2D eigenvalue weighted by atomic mass is 10.1. The Morgan fingerprint density at radius 3 is 2.45 bits per heavy atom. The monoisotopic (exact) mass is 285 g/mol. The fourth-order valence-corrected chi connectivity index (χ4v) is 2.00. The minimum absolute atomic E-state index is 0.365. The fraction of sp³-hybridized carbons (Fsp3) is 0.0714. The molecular formula is C14H12ClN5. The molecule has 2 aromatic heterocycles. The number of pyridine rings is 1. The van der Waals surface area contributed by atoms with Crippen LogP contribution in [0.2, 0.25) is 5.02 Å². The largest absolute Gasteiger partial charge is 0.318 e. The first-order valence-corrected chi connectivity index (χ1v) is 6.45. The lowest BCUT2D eigenvalue weighted by Crippen LogP contribution is -2.13. The Labute approximate surface area is 120 Å². The Kier molecular flexibility index (Phi) is 3.45. The summed E-state index contributed by atoms with van der Waals surface area (Å²) in [6.07, 6.45) is 3.40. The molecule has 3 rings (SSSR count). The first kappa shape index (κ1) is 12.8. The van der Waals surface area contributed by atoms with Crippen molar-refractivity contribution in [1.82, 2.24) is 20.2 Å². The molecule has 0 fully saturated rings. The molecule has 0 saturated carbocycles. The molecule has 2 heterocycles. The van der Waals surface area contributed by atoms with E-state index in [2.05, 4.69) is 20.2 Å². The maximum Gasteiger partial charge on any atom is 0.181 e. The van der Waals surface area contributed by atoms with Gasteiger partial charge in [0.2, 0.25) is 0 Å². The van der Waals surface area contributed by atoms with E-state index in [0.29, 0.717) is 16.7 Å². The van der Waals surface area contributed by atoms with E-state index in [9.17, 15) is 0 Å². The molecule has 0 radical (unpaired) electrons. The van der Waals surface area contributed by atoms with Gasteiger partial charge in [0.15, 0.2) is 5.82 Å². The number of aromatic amines is 1. The molecule has 100 valence electrons. The second kappa shape index (κ2) is 5.40. The molecule has 0 saturated heterocycles. The van der Waals surface area contributed by atoms with Crippen molar-refractivity contribution in [3.8, 4) is 11.4 Å². The third kappa shape index (κ3) is 2.54. The van der Waals surface area contributed by atoms with E-state index in [-0.39, 0.29) is 6.04 Å². The van der Waals surface area contributed by atoms with Crippen LogP contribution in [0.15, 0.2) is 48.8 Å². The Hall–Kier alpha value is -2.24. The van der Waals surface area contributed by atoms with Crippen LogP contribution < -0.4 is 5.73 Å². The van der Waals surface area contributed by atoms with Gasteiger partial charge in [-0.1, -0.05) is 23.7 Å². The van der Waals surface area contributed by atoms with Crippen LogP contribution in [0.1, 0.15) is 17.4 Å². The molecule has 0 aliphatic rings. The Balaban J connectivity index is 1.88. The summed E-state index contributed by atoms with van der Waals surface area (Å²) in [6, 6.07) is 10.7. The number of H-pyrrole nitrogens is 1. The summed E-state index contributed by atoms with van der Waals surface area (Å²) in [6.45, 7) is 0. The average molecular weight is 286 g/mol. The van der Waals surface area contributed by atoms with Crippen LogP contribution in [0.4, 0.5) is 0 Å². The Morgan fingerprint density at radius 2 is 1.75 bits per heavy atom. The summed E-state index contributed by atoms with van der Waals surface area (Å²) in [5, 5.41) is 7.74. The van der Waals surface area contributed by atoms with Crippen LogP contribution in [0.3, 0.4) is 0 Å². The molecular weight excluding hydrogens is 274 g/mol. The molecule has 0 aliphatic carbocycles. The molecule has 6 heteroatoms. The quantitative estimate of drug-likeness (QED) is 0.775. The second-order valence-electron chi connectivity index (χ2n) is 4.31. The van der Waals surface area contributed by atoms with Crippen LogP contribution in [-0.4, -0.2) is 20.2 Å². The van der Waals surface area contributed by atoms with Gasteiger partial charge in [0, 0.05) is 23.0 Å². The lowest BCUT2D eigenvalue weighted by Gasteiger charge is -2.08. The van der Waals surface area contributed by atoms with Crippen molar-refractivity contribution in [2.24, 2.45) is 5.73 Å². The number of hydrogen-bond acceptors (Lipinski definition) is 4. The number of nitrogens with two attached hydrogens (primary N) is 1. The van der Waals surface area contributed by atoms with Crippen LogP contribution >= 0.6 is 11.6 Å². The molecule has 1 aromatic carbocycles. The molecule has 3 aromatic rings. The summed E-state index contributed by atoms with van der Waals surface area (Å²) in [7, 11) is 0. The smallest absolute Gasteiger partial charge is 0.181 e. The van der Waals surface area contributed by atoms with E-state index < -0.39 is 0 Å². The fourth-order valence-electron chi connectivity index (χ4n) is 1.87. The zero-order valence-electron chi connectivity index (χ0n) is 10.5. The van der Waals surface area contributed by atoms with Crippen molar-refractivity contribution in [3.05, 3.63) is 65.2 Å². The predicted molar refractivity (Wildman–Crippen MR) is 77.1 cm³/mol. The standard InChI is InChI=1S/C14H12ClN5/c15-11-3-1-9(2-4-11)12(16)14-18-13(19-20-14)10-5-7-17-8-6-10/h1-8,12H,16H2,(H,18,19,20)/t12-/m0/s1. The predicted octanol–water partition coefficient (Wildman–Crippen LogP) is 2.57. The van der Waals surface area contributed by atoms with Crippen molar-refractivity contribution in [2.45, 2.75) is 6.04 Å². The average Bonchev–Trinajstić information content (AvgIpc) is 2.98. The summed E-state index contributed by atoms with van der Waals surface area (Å²) in [5.74, 6) is 1.21. The Morgan fingerprint density at radius 1 is 1.05 bits per heavy atom. The minimum Gasteiger partial charge on any atom is -0.318 e. The van der Waals surface area contributed by atoms with Gasteiger partial charge in [-0.05, 0) is 29.8 Å². The zero-order valence-corrected chi connectivity index (χ0v) is 11.2. The van der Waals surface area contributed by atoms with Crippen LogP contribution in [-0.2, 0) is 0 Å². The number of nitrogens with zero attached hydrogens (tertiary/aromatic N) is 3. The van der Waals surface area contributed by atoms with Crippen molar-refractivity contribution in [2.75, 3.05) is 0 Å². The van der Waals surface area contributed by atoms with E-state index in [1.807, 2.05) is 24.3 Å². The van der Waals surface area contributed by atoms with Gasteiger partial charge in [-0.2, -0.15) is 5.10 Å². The number of rotatable bonds is 3. The van der Waals surface area contributed by atoms with Gasteiger partial charge in [0.1, 0.15) is 5.82 Å². The summed E-state index contributed by atoms with van der Waals surface area (Å²) < 4.78 is 0. The highest BCUT2D eigenvalue weighted by Crippen LogP contribution is 2.21. The maximum absolute atomic E-state index is 6.17. The Bertz CT molecular complexity index is 693. The molecule has 1 atom stereocenters. The van der Waals surface area contributed by atoms with E-state index in [0.717, 1.165) is 11.1 Å². The first-order chi connectivity index (χ1) is 9.74. The lowest BCUT2D eigenvalue weighted by molar-refractivity contribution is 0.787. The van der Waals surface area contributed by atoms with E-state index in [4.69, 9.17) is 17.3 Å². The number of benzene rings is 1. The molecule has 0 aliphatic heterocycles. The van der Waals surface area contributed by atoms with Gasteiger partial charge in [-0.3, -0.25) is 10.1 Å². The third-order valence-corrected chi connectivity index (χ3v) is 3.22. The summed E-state index contributed by atoms with van der Waals surface area (Å²) in [5.41, 5.74) is 7.99. The van der Waals surface area contributed by atoms with E-state index >= 15 is 0 Å². The van der Waals surface area contributed by atoms with Gasteiger partial charge < -0.3 is 5.73 Å². The number of halogens is 1. The van der Waals surface area contributed by atoms with Crippen molar-refractivity contribution in [1.29, 1.82) is 0 Å². The highest BCUT2D eigenvalue weighted by Gasteiger charge is 2.14. The van der Waals surface area contributed by atoms with Gasteiger partial charge >= 0.3 is 0 Å². The minimum atomic E-state index is -0.365. The molecule has 0 amide bonds. The summed E-state index contributed by atoms with van der Waals surface area (Å²) in [4.78, 5) is 8.39. The molecule has 0 bridgehead atoms. The molecule has 0 spiro atoms. The SMILES string of the molecule is N[C@@H](c1ccc(Cl)cc1)c1nc(-c2ccncc2)n[nH]1. The molecule has 3 N–H and O–H groups in total. The third-order valence-electron chi connectivity index (χ3n) is 2.96. The van der Waals surface area contributed by atoms with Gasteiger partial charge in [0.25, 0.3) is 0 Å². The number of hydrogen-bond donors (Lipinski definition) is 2. The molecule has 5 nitrogen and oxygen atoms in total. The van der Waals surface area contributed by atoms with E-state index in [1.165, 1.54) is 0 Å². The highest BCUT2D eigenvalue weighted by molar-refractivity contribution is 6.30. The number of aromatic nitrogens is 4. The first-order valence-electron chi connectivity index (χ1n) is 6.08. The van der Waals surface area contributed by atoms with Crippen molar-refractivity contribution < 1.29 is 0 Å². The van der Waals surface area contributed by atoms with E-state index in [1.54, 1.807) is 24.5 Å². The molecule has 0 unspecified atom stereocenters.